The van der Waals surface area contributed by atoms with Crippen molar-refractivity contribution >= 4 is 17.0 Å². The van der Waals surface area contributed by atoms with Crippen LogP contribution < -0.4 is 15.7 Å². The van der Waals surface area contributed by atoms with Crippen molar-refractivity contribution < 1.29 is 22.7 Å². The molecule has 1 aliphatic rings. The number of benzene rings is 1. The van der Waals surface area contributed by atoms with E-state index >= 15 is 0 Å². The SMILES string of the molecule is CCn1c(=O)n(-c2cn(C3CCNCC3)nn2)c2c(OC(=O)C(F)(F)F)cccc21. The number of nitrogens with one attached hydrogen (secondary N) is 1. The lowest BCUT2D eigenvalue weighted by molar-refractivity contribution is -0.189. The Balaban J connectivity index is 1.85. The van der Waals surface area contributed by atoms with E-state index in [0.29, 0.717) is 5.52 Å². The Morgan fingerprint density at radius 3 is 2.70 bits per heavy atom. The van der Waals surface area contributed by atoms with Crippen LogP contribution in [0.2, 0.25) is 0 Å². The average Bonchev–Trinajstić information content (AvgIpc) is 3.30. The van der Waals surface area contributed by atoms with E-state index in [1.165, 1.54) is 16.7 Å². The lowest BCUT2D eigenvalue weighted by Crippen LogP contribution is -2.29. The van der Waals surface area contributed by atoms with Crippen LogP contribution in [-0.2, 0) is 11.3 Å². The lowest BCUT2D eigenvalue weighted by Gasteiger charge is -2.21. The number of ether oxygens (including phenoxy) is 1. The number of carbonyl (C=O) groups excluding carboxylic acids is 1. The molecule has 0 amide bonds. The number of aryl methyl sites for hydroxylation is 1. The maximum absolute atomic E-state index is 13.0. The van der Waals surface area contributed by atoms with Gasteiger partial charge in [0.15, 0.2) is 11.6 Å². The molecule has 4 rings (SSSR count). The number of halogens is 3. The number of para-hydroxylation sites is 1. The van der Waals surface area contributed by atoms with Crippen LogP contribution in [0, 0.1) is 0 Å². The molecule has 0 aliphatic carbocycles. The maximum Gasteiger partial charge on any atom is 0.491 e. The smallest absolute Gasteiger partial charge is 0.418 e. The zero-order valence-electron chi connectivity index (χ0n) is 16.0. The van der Waals surface area contributed by atoms with Gasteiger partial charge in [-0.3, -0.25) is 4.57 Å². The first kappa shape index (κ1) is 20.1. The third kappa shape index (κ3) is 3.47. The minimum Gasteiger partial charge on any atom is -0.418 e. The maximum atomic E-state index is 13.0. The summed E-state index contributed by atoms with van der Waals surface area (Å²) in [6.07, 6.45) is -1.91. The standard InChI is InChI=1S/C18H19F3N6O3/c1-2-25-12-4-3-5-13(30-16(28)18(19,20)21)15(12)27(17(25)29)14-10-26(24-23-14)11-6-8-22-9-7-11/h3-5,10-11,22H,2,6-9H2,1H3. The molecule has 0 spiro atoms. The van der Waals surface area contributed by atoms with Gasteiger partial charge in [0, 0.05) is 6.54 Å². The van der Waals surface area contributed by atoms with Gasteiger partial charge in [-0.2, -0.15) is 13.2 Å². The van der Waals surface area contributed by atoms with Gasteiger partial charge in [0.25, 0.3) is 0 Å². The first-order chi connectivity index (χ1) is 14.3. The summed E-state index contributed by atoms with van der Waals surface area (Å²) in [6, 6.07) is 4.30. The van der Waals surface area contributed by atoms with Gasteiger partial charge >= 0.3 is 17.8 Å². The first-order valence-corrected chi connectivity index (χ1v) is 9.47. The number of esters is 1. The average molecular weight is 424 g/mol. The Morgan fingerprint density at radius 2 is 2.03 bits per heavy atom. The molecule has 1 saturated heterocycles. The van der Waals surface area contributed by atoms with Gasteiger partial charge in [-0.15, -0.1) is 5.10 Å². The summed E-state index contributed by atoms with van der Waals surface area (Å²) >= 11 is 0. The summed E-state index contributed by atoms with van der Waals surface area (Å²) in [5, 5.41) is 11.4. The lowest BCUT2D eigenvalue weighted by atomic mass is 10.1. The van der Waals surface area contributed by atoms with Crippen LogP contribution in [0.25, 0.3) is 16.9 Å². The second kappa shape index (κ2) is 7.59. The minimum atomic E-state index is -5.17. The van der Waals surface area contributed by atoms with E-state index in [4.69, 9.17) is 0 Å². The molecule has 160 valence electrons. The fourth-order valence-electron chi connectivity index (χ4n) is 3.65. The number of fused-ring (bicyclic) bond motifs is 1. The highest BCUT2D eigenvalue weighted by molar-refractivity contribution is 5.88. The van der Waals surface area contributed by atoms with Crippen LogP contribution in [0.4, 0.5) is 13.2 Å². The molecule has 2 aromatic heterocycles. The van der Waals surface area contributed by atoms with Gasteiger partial charge in [-0.25, -0.2) is 18.8 Å². The number of imidazole rings is 1. The highest BCUT2D eigenvalue weighted by Gasteiger charge is 2.42. The van der Waals surface area contributed by atoms with Crippen molar-refractivity contribution in [2.75, 3.05) is 13.1 Å². The number of nitrogens with zero attached hydrogens (tertiary/aromatic N) is 5. The molecular weight excluding hydrogens is 405 g/mol. The third-order valence-electron chi connectivity index (χ3n) is 5.07. The summed E-state index contributed by atoms with van der Waals surface area (Å²) in [5.74, 6) is -2.60. The normalized spacial score (nSPS) is 15.6. The number of aromatic nitrogens is 5. The molecule has 3 heterocycles. The molecule has 1 aromatic carbocycles. The van der Waals surface area contributed by atoms with Crippen LogP contribution >= 0.6 is 0 Å². The predicted octanol–water partition coefficient (Wildman–Crippen LogP) is 1.80. The number of hydrogen-bond acceptors (Lipinski definition) is 6. The van der Waals surface area contributed by atoms with E-state index < -0.39 is 17.8 Å². The van der Waals surface area contributed by atoms with Crippen molar-refractivity contribution in [3.05, 3.63) is 34.9 Å². The van der Waals surface area contributed by atoms with Crippen molar-refractivity contribution in [1.29, 1.82) is 0 Å². The zero-order chi connectivity index (χ0) is 21.5. The molecule has 0 unspecified atom stereocenters. The van der Waals surface area contributed by atoms with E-state index in [-0.39, 0.29) is 29.7 Å². The van der Waals surface area contributed by atoms with Gasteiger partial charge in [0.2, 0.25) is 0 Å². The third-order valence-corrected chi connectivity index (χ3v) is 5.07. The number of alkyl halides is 3. The fourth-order valence-corrected chi connectivity index (χ4v) is 3.65. The van der Waals surface area contributed by atoms with Crippen LogP contribution in [0.3, 0.4) is 0 Å². The molecule has 0 radical (unpaired) electrons. The quantitative estimate of drug-likeness (QED) is 0.507. The van der Waals surface area contributed by atoms with Crippen LogP contribution in [0.15, 0.2) is 29.2 Å². The fraction of sp³-hybridized carbons (Fsp3) is 0.444. The molecule has 1 aliphatic heterocycles. The molecule has 1 fully saturated rings. The van der Waals surface area contributed by atoms with Gasteiger partial charge < -0.3 is 10.1 Å². The van der Waals surface area contributed by atoms with E-state index in [0.717, 1.165) is 30.5 Å². The summed E-state index contributed by atoms with van der Waals surface area (Å²) in [6.45, 7) is 3.64. The zero-order valence-corrected chi connectivity index (χ0v) is 16.0. The Morgan fingerprint density at radius 1 is 1.30 bits per heavy atom. The molecule has 0 atom stereocenters. The molecule has 0 bridgehead atoms. The summed E-state index contributed by atoms with van der Waals surface area (Å²) < 4.78 is 47.0. The van der Waals surface area contributed by atoms with Crippen molar-refractivity contribution in [2.45, 2.75) is 38.5 Å². The number of carbonyl (C=O) groups is 1. The van der Waals surface area contributed by atoms with Crippen LogP contribution in [0.5, 0.6) is 5.75 Å². The van der Waals surface area contributed by atoms with Gasteiger partial charge in [-0.1, -0.05) is 11.3 Å². The number of hydrogen-bond donors (Lipinski definition) is 1. The van der Waals surface area contributed by atoms with Gasteiger partial charge in [0.05, 0.1) is 17.8 Å². The monoisotopic (exact) mass is 424 g/mol. The van der Waals surface area contributed by atoms with Gasteiger partial charge in [0.1, 0.15) is 5.52 Å². The molecule has 30 heavy (non-hydrogen) atoms. The topological polar surface area (TPSA) is 96.0 Å². The first-order valence-electron chi connectivity index (χ1n) is 9.47. The van der Waals surface area contributed by atoms with Crippen molar-refractivity contribution in [1.82, 2.24) is 29.4 Å². The molecule has 0 saturated carbocycles. The van der Waals surface area contributed by atoms with Crippen molar-refractivity contribution in [2.24, 2.45) is 0 Å². The van der Waals surface area contributed by atoms with Crippen molar-refractivity contribution in [3.8, 4) is 11.6 Å². The number of rotatable bonds is 4. The van der Waals surface area contributed by atoms with Crippen LogP contribution in [0.1, 0.15) is 25.8 Å². The second-order valence-electron chi connectivity index (χ2n) is 6.91. The molecule has 3 aromatic rings. The molecule has 1 N–H and O–H groups in total. The highest BCUT2D eigenvalue weighted by Crippen LogP contribution is 2.29. The highest BCUT2D eigenvalue weighted by atomic mass is 19.4. The predicted molar refractivity (Wildman–Crippen MR) is 99.6 cm³/mol. The number of piperidine rings is 1. The van der Waals surface area contributed by atoms with E-state index in [1.54, 1.807) is 23.9 Å². The van der Waals surface area contributed by atoms with E-state index in [1.807, 2.05) is 0 Å². The Bertz CT molecular complexity index is 1140. The Hall–Kier alpha value is -3.15. The van der Waals surface area contributed by atoms with Crippen LogP contribution in [-0.4, -0.2) is 49.4 Å². The molecule has 12 heteroatoms. The summed E-state index contributed by atoms with van der Waals surface area (Å²) in [4.78, 5) is 24.4. The second-order valence-corrected chi connectivity index (χ2v) is 6.91. The van der Waals surface area contributed by atoms with E-state index in [2.05, 4.69) is 20.4 Å². The Labute approximate surface area is 168 Å². The van der Waals surface area contributed by atoms with Gasteiger partial charge in [-0.05, 0) is 45.0 Å². The van der Waals surface area contributed by atoms with Crippen molar-refractivity contribution in [3.63, 3.8) is 0 Å². The molecule has 9 nitrogen and oxygen atoms in total. The summed E-state index contributed by atoms with van der Waals surface area (Å²) in [5.41, 5.74) is -0.161. The largest absolute Gasteiger partial charge is 0.491 e. The van der Waals surface area contributed by atoms with E-state index in [9.17, 15) is 22.8 Å². The minimum absolute atomic E-state index is 0.0271. The Kier molecular flexibility index (Phi) is 5.10. The summed E-state index contributed by atoms with van der Waals surface area (Å²) in [7, 11) is 0. The molecular formula is C18H19F3N6O3.